The van der Waals surface area contributed by atoms with Crippen molar-refractivity contribution in [3.8, 4) is 0 Å². The predicted octanol–water partition coefficient (Wildman–Crippen LogP) is -0.955. The second kappa shape index (κ2) is 1.56. The van der Waals surface area contributed by atoms with Crippen molar-refractivity contribution in [2.45, 2.75) is 18.9 Å². The van der Waals surface area contributed by atoms with Crippen LogP contribution in [0.25, 0.3) is 0 Å². The number of rotatable bonds is 1. The number of likely N-dealkylation sites (N-methyl/N-ethyl adjacent to an activating group) is 1. The lowest BCUT2D eigenvalue weighted by Gasteiger charge is -2.18. The highest BCUT2D eigenvalue weighted by Crippen LogP contribution is 2.56. The van der Waals surface area contributed by atoms with Gasteiger partial charge >= 0.3 is 0 Å². The third-order valence-electron chi connectivity index (χ3n) is 3.39. The molecular weight excluding hydrogens is 124 g/mol. The lowest BCUT2D eigenvalue weighted by atomic mass is 10.1. The van der Waals surface area contributed by atoms with Crippen LogP contribution < -0.4 is 10.2 Å². The van der Waals surface area contributed by atoms with Gasteiger partial charge in [0.25, 0.3) is 0 Å². The Morgan fingerprint density at radius 2 is 2.20 bits per heavy atom. The average molecular weight is 140 g/mol. The lowest BCUT2D eigenvalue weighted by molar-refractivity contribution is -0.847. The van der Waals surface area contributed by atoms with E-state index in [1.165, 1.54) is 24.4 Å². The van der Waals surface area contributed by atoms with Gasteiger partial charge in [0.05, 0.1) is 18.6 Å². The molecule has 1 unspecified atom stereocenters. The number of hydrogen-bond donors (Lipinski definition) is 2. The van der Waals surface area contributed by atoms with E-state index in [9.17, 15) is 0 Å². The maximum Gasteiger partial charge on any atom is 0.0769 e. The molecule has 0 spiro atoms. The van der Waals surface area contributed by atoms with Gasteiger partial charge in [-0.3, -0.25) is 0 Å². The zero-order valence-corrected chi connectivity index (χ0v) is 6.83. The van der Waals surface area contributed by atoms with E-state index in [0.29, 0.717) is 11.0 Å². The van der Waals surface area contributed by atoms with E-state index >= 15 is 0 Å². The van der Waals surface area contributed by atoms with Crippen molar-refractivity contribution in [2.75, 3.05) is 20.1 Å². The minimum absolute atomic E-state index is 0.462. The lowest BCUT2D eigenvalue weighted by Crippen LogP contribution is -3.06. The summed E-state index contributed by atoms with van der Waals surface area (Å²) < 4.78 is 0. The van der Waals surface area contributed by atoms with Gasteiger partial charge in [-0.2, -0.15) is 7.05 Å². The van der Waals surface area contributed by atoms with E-state index in [4.69, 9.17) is 0 Å². The highest BCUT2D eigenvalue weighted by atomic mass is 15.3. The molecule has 0 amide bonds. The van der Waals surface area contributed by atoms with Gasteiger partial charge in [-0.05, 0) is 13.5 Å². The largest absolute Gasteiger partial charge is 0.466 e. The van der Waals surface area contributed by atoms with Crippen LogP contribution in [0.1, 0.15) is 13.3 Å². The summed E-state index contributed by atoms with van der Waals surface area (Å²) in [4.78, 5) is 1.43. The van der Waals surface area contributed by atoms with Crippen LogP contribution in [-0.4, -0.2) is 25.7 Å². The van der Waals surface area contributed by atoms with Crippen molar-refractivity contribution in [1.29, 1.82) is 0 Å². The molecule has 10 heavy (non-hydrogen) atoms. The van der Waals surface area contributed by atoms with Gasteiger partial charge < -0.3 is 10.2 Å². The standard InChI is InChI=1S/C8H16N2/c1-7-4-8(7,9-2)6-10(3)5-7/h9-10H,3-6H2,1-2H3/t7-,8-/m0/s1. The quantitative estimate of drug-likeness (QED) is 0.449. The fraction of sp³-hybridized carbons (Fsp3) is 0.875. The second-order valence-electron chi connectivity index (χ2n) is 4.17. The molecule has 3 atom stereocenters. The Hall–Kier alpha value is -0.0800. The topological polar surface area (TPSA) is 16.5 Å². The van der Waals surface area contributed by atoms with Crippen molar-refractivity contribution in [3.05, 3.63) is 7.05 Å². The third kappa shape index (κ3) is 0.565. The van der Waals surface area contributed by atoms with E-state index in [1.807, 2.05) is 0 Å². The fourth-order valence-corrected chi connectivity index (χ4v) is 2.65. The summed E-state index contributed by atoms with van der Waals surface area (Å²) in [5.74, 6) is 0. The molecule has 2 aliphatic rings. The van der Waals surface area contributed by atoms with Gasteiger partial charge in [-0.25, -0.2) is 0 Å². The summed E-state index contributed by atoms with van der Waals surface area (Å²) >= 11 is 0. The molecule has 0 aromatic rings. The monoisotopic (exact) mass is 140 g/mol. The van der Waals surface area contributed by atoms with E-state index in [2.05, 4.69) is 26.3 Å². The Labute approximate surface area is 62.6 Å². The van der Waals surface area contributed by atoms with Crippen molar-refractivity contribution in [2.24, 2.45) is 5.41 Å². The maximum atomic E-state index is 4.03. The Balaban J connectivity index is 2.17. The van der Waals surface area contributed by atoms with Crippen LogP contribution in [0, 0.1) is 12.5 Å². The number of quaternary nitrogens is 1. The van der Waals surface area contributed by atoms with Crippen LogP contribution in [0.2, 0.25) is 0 Å². The molecule has 0 aromatic carbocycles. The first-order chi connectivity index (χ1) is 4.62. The molecule has 2 fully saturated rings. The second-order valence-corrected chi connectivity index (χ2v) is 4.17. The molecule has 0 bridgehead atoms. The van der Waals surface area contributed by atoms with Gasteiger partial charge in [0.1, 0.15) is 0 Å². The van der Waals surface area contributed by atoms with E-state index in [-0.39, 0.29) is 0 Å². The van der Waals surface area contributed by atoms with Gasteiger partial charge in [-0.15, -0.1) is 0 Å². The van der Waals surface area contributed by atoms with Crippen LogP contribution in [-0.2, 0) is 0 Å². The first-order valence-electron chi connectivity index (χ1n) is 3.97. The molecule has 1 aliphatic carbocycles. The van der Waals surface area contributed by atoms with Crippen molar-refractivity contribution in [1.82, 2.24) is 5.32 Å². The number of nitrogens with one attached hydrogen (secondary N) is 2. The molecule has 0 aromatic heterocycles. The summed E-state index contributed by atoms with van der Waals surface area (Å²) in [5, 5.41) is 3.42. The zero-order valence-electron chi connectivity index (χ0n) is 6.83. The van der Waals surface area contributed by atoms with E-state index < -0.39 is 0 Å². The van der Waals surface area contributed by atoms with Gasteiger partial charge in [0.15, 0.2) is 0 Å². The average Bonchev–Trinajstić information content (AvgIpc) is 2.29. The zero-order chi connectivity index (χ0) is 7.41. The summed E-state index contributed by atoms with van der Waals surface area (Å²) in [6.07, 6.45) is 1.36. The molecule has 1 saturated heterocycles. The molecule has 58 valence electrons. The van der Waals surface area contributed by atoms with Crippen LogP contribution in [0.3, 0.4) is 0 Å². The minimum Gasteiger partial charge on any atom is -0.466 e. The molecule has 1 saturated carbocycles. The summed E-state index contributed by atoms with van der Waals surface area (Å²) in [7, 11) is 6.11. The molecule has 0 radical (unpaired) electrons. The third-order valence-corrected chi connectivity index (χ3v) is 3.39. The predicted molar refractivity (Wildman–Crippen MR) is 40.6 cm³/mol. The van der Waals surface area contributed by atoms with E-state index in [1.54, 1.807) is 0 Å². The number of hydrogen-bond acceptors (Lipinski definition) is 1. The Kier molecular flexibility index (Phi) is 1.03. The molecule has 1 heterocycles. The smallest absolute Gasteiger partial charge is 0.0769 e. The van der Waals surface area contributed by atoms with Crippen molar-refractivity contribution < 1.29 is 4.90 Å². The normalized spacial score (nSPS) is 58.5. The molecule has 2 nitrogen and oxygen atoms in total. The molecule has 1 aliphatic heterocycles. The van der Waals surface area contributed by atoms with Gasteiger partial charge in [0, 0.05) is 5.41 Å². The molecule has 2 heteroatoms. The number of piperidine rings is 1. The van der Waals surface area contributed by atoms with Crippen LogP contribution in [0.4, 0.5) is 0 Å². The van der Waals surface area contributed by atoms with Crippen LogP contribution in [0.5, 0.6) is 0 Å². The van der Waals surface area contributed by atoms with Crippen molar-refractivity contribution >= 4 is 0 Å². The van der Waals surface area contributed by atoms with Crippen LogP contribution >= 0.6 is 0 Å². The first-order valence-corrected chi connectivity index (χ1v) is 3.97. The highest BCUT2D eigenvalue weighted by molar-refractivity contribution is 5.21. The van der Waals surface area contributed by atoms with Crippen LogP contribution in [0.15, 0.2) is 0 Å². The fourth-order valence-electron chi connectivity index (χ4n) is 2.65. The number of fused-ring (bicyclic) bond motifs is 1. The van der Waals surface area contributed by atoms with Gasteiger partial charge in [0.2, 0.25) is 0 Å². The SMILES string of the molecule is [CH2-][NH+]1C[C@]2(C)C[C@]2(NC)C1. The maximum absolute atomic E-state index is 4.03. The van der Waals surface area contributed by atoms with Gasteiger partial charge in [-0.1, -0.05) is 6.92 Å². The molecular formula is C8H16N2. The summed E-state index contributed by atoms with van der Waals surface area (Å²) in [6.45, 7) is 4.81. The Bertz CT molecular complexity index is 169. The molecule has 2 rings (SSSR count). The Morgan fingerprint density at radius 1 is 1.50 bits per heavy atom. The number of likely N-dealkylation sites (tertiary alicyclic amines) is 1. The highest BCUT2D eigenvalue weighted by Gasteiger charge is 2.70. The summed E-state index contributed by atoms with van der Waals surface area (Å²) in [5.41, 5.74) is 1.03. The first kappa shape index (κ1) is 6.62. The summed E-state index contributed by atoms with van der Waals surface area (Å²) in [6, 6.07) is 0. The van der Waals surface area contributed by atoms with Crippen molar-refractivity contribution in [3.63, 3.8) is 0 Å². The van der Waals surface area contributed by atoms with E-state index in [0.717, 1.165) is 0 Å². The minimum atomic E-state index is 0.462. The Morgan fingerprint density at radius 3 is 2.50 bits per heavy atom. The molecule has 2 N–H and O–H groups in total.